The van der Waals surface area contributed by atoms with Crippen molar-refractivity contribution in [1.82, 2.24) is 4.98 Å². The predicted molar refractivity (Wildman–Crippen MR) is 72.4 cm³/mol. The van der Waals surface area contributed by atoms with Gasteiger partial charge in [-0.15, -0.1) is 0 Å². The third-order valence-corrected chi connectivity index (χ3v) is 2.71. The summed E-state index contributed by atoms with van der Waals surface area (Å²) in [6, 6.07) is 4.07. The number of hydrogen-bond acceptors (Lipinski definition) is 4. The van der Waals surface area contributed by atoms with Gasteiger partial charge in [-0.1, -0.05) is 20.8 Å². The zero-order valence-electron chi connectivity index (χ0n) is 11.2. The first-order valence-corrected chi connectivity index (χ1v) is 6.20. The highest BCUT2D eigenvalue weighted by Crippen LogP contribution is 2.22. The van der Waals surface area contributed by atoms with Crippen molar-refractivity contribution >= 4 is 11.5 Å². The van der Waals surface area contributed by atoms with Crippen molar-refractivity contribution in [2.75, 3.05) is 17.7 Å². The van der Waals surface area contributed by atoms with Gasteiger partial charge in [-0.3, -0.25) is 0 Å². The molecule has 0 saturated carbocycles. The van der Waals surface area contributed by atoms with Gasteiger partial charge in [0.05, 0.1) is 12.3 Å². The molecule has 1 rings (SSSR count). The number of ether oxygens (including phenoxy) is 1. The number of nitrogens with one attached hydrogen (secondary N) is 1. The van der Waals surface area contributed by atoms with Crippen molar-refractivity contribution in [2.24, 2.45) is 5.92 Å². The molecule has 1 heterocycles. The third kappa shape index (κ3) is 4.13. The topological polar surface area (TPSA) is 60.2 Å². The third-order valence-electron chi connectivity index (χ3n) is 2.71. The van der Waals surface area contributed by atoms with E-state index in [9.17, 15) is 0 Å². The average molecular weight is 237 g/mol. The van der Waals surface area contributed by atoms with Crippen molar-refractivity contribution in [2.45, 2.75) is 40.2 Å². The number of nitrogens with two attached hydrogens (primary N) is 1. The highest BCUT2D eigenvalue weighted by Gasteiger charge is 2.09. The number of aromatic nitrogens is 1. The van der Waals surface area contributed by atoms with Crippen molar-refractivity contribution < 1.29 is 4.74 Å². The summed E-state index contributed by atoms with van der Waals surface area (Å²) in [5, 5.41) is 3.34. The maximum Gasteiger partial charge on any atom is 0.239 e. The van der Waals surface area contributed by atoms with Crippen LogP contribution in [-0.2, 0) is 0 Å². The molecule has 0 radical (unpaired) electrons. The van der Waals surface area contributed by atoms with Gasteiger partial charge in [0.2, 0.25) is 5.88 Å². The fourth-order valence-corrected chi connectivity index (χ4v) is 1.25. The van der Waals surface area contributed by atoms with Gasteiger partial charge in [-0.05, 0) is 31.4 Å². The van der Waals surface area contributed by atoms with E-state index in [1.54, 1.807) is 0 Å². The van der Waals surface area contributed by atoms with E-state index in [0.29, 0.717) is 30.1 Å². The minimum atomic E-state index is 0.366. The predicted octanol–water partition coefficient (Wildman–Crippen LogP) is 2.91. The van der Waals surface area contributed by atoms with Crippen LogP contribution in [0, 0.1) is 5.92 Å². The first-order valence-electron chi connectivity index (χ1n) is 6.20. The number of pyridine rings is 1. The number of anilines is 2. The van der Waals surface area contributed by atoms with E-state index in [2.05, 4.69) is 38.0 Å². The van der Waals surface area contributed by atoms with Crippen LogP contribution in [0.1, 0.15) is 34.1 Å². The SMILES string of the molecule is CCCOc1nc(NC(C)C(C)C)ccc1N. The van der Waals surface area contributed by atoms with Crippen LogP contribution in [0.15, 0.2) is 12.1 Å². The first kappa shape index (κ1) is 13.6. The standard InChI is InChI=1S/C13H23N3O/c1-5-8-17-13-11(14)6-7-12(16-13)15-10(4)9(2)3/h6-7,9-10H,5,8,14H2,1-4H3,(H,15,16). The molecule has 3 N–H and O–H groups in total. The molecule has 1 atom stereocenters. The molecule has 1 unspecified atom stereocenters. The van der Waals surface area contributed by atoms with E-state index in [1.165, 1.54) is 0 Å². The van der Waals surface area contributed by atoms with E-state index < -0.39 is 0 Å². The number of nitrogen functional groups attached to an aromatic ring is 1. The summed E-state index contributed by atoms with van der Waals surface area (Å²) in [4.78, 5) is 4.37. The Hall–Kier alpha value is -1.45. The molecule has 1 aromatic heterocycles. The summed E-state index contributed by atoms with van der Waals surface area (Å²) in [5.41, 5.74) is 6.39. The highest BCUT2D eigenvalue weighted by molar-refractivity contribution is 5.53. The number of nitrogens with zero attached hydrogens (tertiary/aromatic N) is 1. The zero-order valence-corrected chi connectivity index (χ0v) is 11.2. The van der Waals surface area contributed by atoms with Crippen LogP contribution in [0.2, 0.25) is 0 Å². The van der Waals surface area contributed by atoms with Gasteiger partial charge in [0.25, 0.3) is 0 Å². The van der Waals surface area contributed by atoms with Crippen LogP contribution in [0.5, 0.6) is 5.88 Å². The average Bonchev–Trinajstić information content (AvgIpc) is 2.29. The molecule has 0 aliphatic heterocycles. The van der Waals surface area contributed by atoms with E-state index in [-0.39, 0.29) is 0 Å². The van der Waals surface area contributed by atoms with Gasteiger partial charge in [-0.25, -0.2) is 0 Å². The summed E-state index contributed by atoms with van der Waals surface area (Å²) >= 11 is 0. The number of rotatable bonds is 6. The van der Waals surface area contributed by atoms with Gasteiger partial charge in [0, 0.05) is 6.04 Å². The van der Waals surface area contributed by atoms with E-state index in [1.807, 2.05) is 12.1 Å². The molecule has 0 amide bonds. The zero-order chi connectivity index (χ0) is 12.8. The molecule has 0 fully saturated rings. The summed E-state index contributed by atoms with van der Waals surface area (Å²) in [5.74, 6) is 1.88. The Morgan fingerprint density at radius 2 is 2.06 bits per heavy atom. The summed E-state index contributed by atoms with van der Waals surface area (Å²) in [6.45, 7) is 9.17. The fourth-order valence-electron chi connectivity index (χ4n) is 1.25. The van der Waals surface area contributed by atoms with E-state index in [4.69, 9.17) is 10.5 Å². The molecule has 1 aromatic rings. The summed E-state index contributed by atoms with van der Waals surface area (Å²) in [7, 11) is 0. The molecule has 0 spiro atoms. The molecule has 4 nitrogen and oxygen atoms in total. The van der Waals surface area contributed by atoms with Crippen molar-refractivity contribution in [3.8, 4) is 5.88 Å². The summed E-state index contributed by atoms with van der Waals surface area (Å²) < 4.78 is 5.49. The lowest BCUT2D eigenvalue weighted by atomic mass is 10.1. The largest absolute Gasteiger partial charge is 0.476 e. The van der Waals surface area contributed by atoms with E-state index in [0.717, 1.165) is 12.2 Å². The lowest BCUT2D eigenvalue weighted by molar-refractivity contribution is 0.307. The molecular formula is C13H23N3O. The van der Waals surface area contributed by atoms with Gasteiger partial charge in [-0.2, -0.15) is 4.98 Å². The van der Waals surface area contributed by atoms with Crippen LogP contribution < -0.4 is 15.8 Å². The molecule has 0 aliphatic rings. The molecule has 0 aliphatic carbocycles. The minimum absolute atomic E-state index is 0.366. The molecule has 17 heavy (non-hydrogen) atoms. The fraction of sp³-hybridized carbons (Fsp3) is 0.615. The quantitative estimate of drug-likeness (QED) is 0.798. The first-order chi connectivity index (χ1) is 8.04. The Labute approximate surface area is 104 Å². The second-order valence-electron chi connectivity index (χ2n) is 4.62. The molecule has 0 aromatic carbocycles. The minimum Gasteiger partial charge on any atom is -0.476 e. The Morgan fingerprint density at radius 3 is 2.65 bits per heavy atom. The van der Waals surface area contributed by atoms with E-state index >= 15 is 0 Å². The van der Waals surface area contributed by atoms with Gasteiger partial charge in [0.1, 0.15) is 5.82 Å². The van der Waals surface area contributed by atoms with Crippen LogP contribution in [0.3, 0.4) is 0 Å². The van der Waals surface area contributed by atoms with Crippen LogP contribution in [0.25, 0.3) is 0 Å². The van der Waals surface area contributed by atoms with Crippen LogP contribution in [0.4, 0.5) is 11.5 Å². The Bertz CT molecular complexity index is 353. The molecular weight excluding hydrogens is 214 g/mol. The van der Waals surface area contributed by atoms with Crippen molar-refractivity contribution in [3.63, 3.8) is 0 Å². The second kappa shape index (κ2) is 6.33. The van der Waals surface area contributed by atoms with Gasteiger partial charge < -0.3 is 15.8 Å². The van der Waals surface area contributed by atoms with Crippen molar-refractivity contribution in [3.05, 3.63) is 12.1 Å². The monoisotopic (exact) mass is 237 g/mol. The normalized spacial score (nSPS) is 12.5. The highest BCUT2D eigenvalue weighted by atomic mass is 16.5. The Balaban J connectivity index is 2.74. The van der Waals surface area contributed by atoms with Crippen LogP contribution in [-0.4, -0.2) is 17.6 Å². The summed E-state index contributed by atoms with van der Waals surface area (Å²) in [6.07, 6.45) is 0.946. The smallest absolute Gasteiger partial charge is 0.239 e. The lowest BCUT2D eigenvalue weighted by Crippen LogP contribution is -2.22. The maximum absolute atomic E-state index is 5.81. The second-order valence-corrected chi connectivity index (χ2v) is 4.62. The van der Waals surface area contributed by atoms with Gasteiger partial charge in [0.15, 0.2) is 0 Å². The maximum atomic E-state index is 5.81. The Kier molecular flexibility index (Phi) is 5.07. The molecule has 4 heteroatoms. The van der Waals surface area contributed by atoms with Crippen molar-refractivity contribution in [1.29, 1.82) is 0 Å². The Morgan fingerprint density at radius 1 is 1.35 bits per heavy atom. The van der Waals surface area contributed by atoms with Gasteiger partial charge >= 0.3 is 0 Å². The number of hydrogen-bond donors (Lipinski definition) is 2. The molecule has 0 saturated heterocycles. The molecule has 0 bridgehead atoms. The molecule has 96 valence electrons. The lowest BCUT2D eigenvalue weighted by Gasteiger charge is -2.18. The van der Waals surface area contributed by atoms with Crippen LogP contribution >= 0.6 is 0 Å².